The summed E-state index contributed by atoms with van der Waals surface area (Å²) in [7, 11) is 1.92. The molecule has 2 rings (SSSR count). The second-order valence-electron chi connectivity index (χ2n) is 3.27. The Bertz CT molecular complexity index is 477. The summed E-state index contributed by atoms with van der Waals surface area (Å²) in [5.74, 6) is 1.24. The molecule has 0 aliphatic carbocycles. The molecule has 0 fully saturated rings. The summed E-state index contributed by atoms with van der Waals surface area (Å²) in [6.07, 6.45) is 1.93. The van der Waals surface area contributed by atoms with Gasteiger partial charge < -0.3 is 4.57 Å². The first kappa shape index (κ1) is 10.5. The van der Waals surface area contributed by atoms with Gasteiger partial charge in [0.05, 0.1) is 16.6 Å². The molecule has 0 radical (unpaired) electrons. The first-order chi connectivity index (χ1) is 7.22. The smallest absolute Gasteiger partial charge is 0.124 e. The van der Waals surface area contributed by atoms with Gasteiger partial charge in [0.2, 0.25) is 0 Å². The van der Waals surface area contributed by atoms with Crippen LogP contribution in [0.1, 0.15) is 5.82 Å². The van der Waals surface area contributed by atoms with Gasteiger partial charge in [-0.3, -0.25) is 0 Å². The number of hydrogen-bond acceptors (Lipinski definition) is 1. The van der Waals surface area contributed by atoms with Crippen molar-refractivity contribution in [2.75, 3.05) is 0 Å². The number of imidazole rings is 1. The van der Waals surface area contributed by atoms with E-state index in [9.17, 15) is 0 Å². The maximum Gasteiger partial charge on any atom is 0.124 e. The van der Waals surface area contributed by atoms with E-state index >= 15 is 0 Å². The maximum atomic E-state index is 6.08. The summed E-state index contributed by atoms with van der Waals surface area (Å²) < 4.78 is 1.91. The number of alkyl halides is 1. The van der Waals surface area contributed by atoms with E-state index < -0.39 is 0 Å². The molecule has 1 heterocycles. The number of aromatic nitrogens is 2. The molecule has 15 heavy (non-hydrogen) atoms. The highest BCUT2D eigenvalue weighted by Gasteiger charge is 2.08. The molecule has 1 aromatic heterocycles. The fraction of sp³-hybridized carbons (Fsp3) is 0.182. The number of halogens is 2. The van der Waals surface area contributed by atoms with E-state index in [-0.39, 0.29) is 0 Å². The summed E-state index contributed by atoms with van der Waals surface area (Å²) in [6.45, 7) is 0. The summed E-state index contributed by atoms with van der Waals surface area (Å²) >= 11 is 11.8. The standard InChI is InChI=1S/C11H10Cl2N2/c1-15-7-10(14-11(15)6-12)8-4-2-3-5-9(8)13/h2-5,7H,6H2,1H3. The minimum Gasteiger partial charge on any atom is -0.336 e. The van der Waals surface area contributed by atoms with E-state index in [1.54, 1.807) is 0 Å². The van der Waals surface area contributed by atoms with Crippen molar-refractivity contribution < 1.29 is 0 Å². The third-order valence-electron chi connectivity index (χ3n) is 2.24. The van der Waals surface area contributed by atoms with Crippen molar-refractivity contribution in [3.8, 4) is 11.3 Å². The zero-order valence-corrected chi connectivity index (χ0v) is 9.76. The van der Waals surface area contributed by atoms with Crippen LogP contribution in [0.3, 0.4) is 0 Å². The van der Waals surface area contributed by atoms with Gasteiger partial charge in [0.25, 0.3) is 0 Å². The van der Waals surface area contributed by atoms with Gasteiger partial charge in [0.1, 0.15) is 5.82 Å². The Kier molecular flexibility index (Phi) is 2.98. The average molecular weight is 241 g/mol. The van der Waals surface area contributed by atoms with Gasteiger partial charge in [0, 0.05) is 18.8 Å². The Morgan fingerprint density at radius 1 is 1.33 bits per heavy atom. The van der Waals surface area contributed by atoms with E-state index in [1.807, 2.05) is 42.1 Å². The van der Waals surface area contributed by atoms with Crippen LogP contribution in [-0.4, -0.2) is 9.55 Å². The third kappa shape index (κ3) is 2.01. The van der Waals surface area contributed by atoms with Gasteiger partial charge in [-0.15, -0.1) is 11.6 Å². The lowest BCUT2D eigenvalue weighted by Gasteiger charge is -1.98. The van der Waals surface area contributed by atoms with Crippen LogP contribution in [0.4, 0.5) is 0 Å². The van der Waals surface area contributed by atoms with E-state index in [0.29, 0.717) is 10.9 Å². The normalized spacial score (nSPS) is 10.6. The van der Waals surface area contributed by atoms with E-state index in [4.69, 9.17) is 23.2 Å². The SMILES string of the molecule is Cn1cc(-c2ccccc2Cl)nc1CCl. The Labute approximate surface area is 98.5 Å². The predicted octanol–water partition coefficient (Wildman–Crippen LogP) is 3.48. The number of nitrogens with zero attached hydrogens (tertiary/aromatic N) is 2. The molecule has 2 aromatic rings. The quantitative estimate of drug-likeness (QED) is 0.736. The number of benzene rings is 1. The number of hydrogen-bond donors (Lipinski definition) is 0. The molecule has 0 spiro atoms. The van der Waals surface area contributed by atoms with Gasteiger partial charge in [-0.05, 0) is 6.07 Å². The highest BCUT2D eigenvalue weighted by Crippen LogP contribution is 2.26. The fourth-order valence-corrected chi connectivity index (χ4v) is 1.91. The topological polar surface area (TPSA) is 17.8 Å². The highest BCUT2D eigenvalue weighted by atomic mass is 35.5. The molecule has 0 atom stereocenters. The second kappa shape index (κ2) is 4.25. The van der Waals surface area contributed by atoms with Gasteiger partial charge in [-0.2, -0.15) is 0 Å². The van der Waals surface area contributed by atoms with Crippen LogP contribution in [0.2, 0.25) is 5.02 Å². The van der Waals surface area contributed by atoms with Crippen LogP contribution >= 0.6 is 23.2 Å². The molecule has 0 amide bonds. The van der Waals surface area contributed by atoms with Gasteiger partial charge in [-0.1, -0.05) is 29.8 Å². The summed E-state index contributed by atoms with van der Waals surface area (Å²) in [5.41, 5.74) is 1.80. The van der Waals surface area contributed by atoms with Crippen LogP contribution < -0.4 is 0 Å². The van der Waals surface area contributed by atoms with Crippen LogP contribution in [0.15, 0.2) is 30.5 Å². The average Bonchev–Trinajstić information content (AvgIpc) is 2.60. The monoisotopic (exact) mass is 240 g/mol. The third-order valence-corrected chi connectivity index (χ3v) is 2.81. The van der Waals surface area contributed by atoms with Crippen molar-refractivity contribution in [2.45, 2.75) is 5.88 Å². The molecule has 0 bridgehead atoms. The summed E-state index contributed by atoms with van der Waals surface area (Å²) in [4.78, 5) is 4.41. The molecule has 0 aliphatic heterocycles. The Morgan fingerprint density at radius 2 is 2.07 bits per heavy atom. The van der Waals surface area contributed by atoms with E-state index in [0.717, 1.165) is 17.1 Å². The molecular formula is C11H10Cl2N2. The van der Waals surface area contributed by atoms with Crippen molar-refractivity contribution in [2.24, 2.45) is 7.05 Å². The largest absolute Gasteiger partial charge is 0.336 e. The predicted molar refractivity (Wildman–Crippen MR) is 63.2 cm³/mol. The molecule has 4 heteroatoms. The van der Waals surface area contributed by atoms with Crippen LogP contribution in [0, 0.1) is 0 Å². The maximum absolute atomic E-state index is 6.08. The molecule has 0 aliphatic rings. The van der Waals surface area contributed by atoms with E-state index in [1.165, 1.54) is 0 Å². The Hall–Kier alpha value is -0.990. The molecule has 0 saturated carbocycles. The van der Waals surface area contributed by atoms with Crippen molar-refractivity contribution in [3.63, 3.8) is 0 Å². The minimum atomic E-state index is 0.404. The highest BCUT2D eigenvalue weighted by molar-refractivity contribution is 6.33. The molecule has 0 unspecified atom stereocenters. The Morgan fingerprint density at radius 3 is 2.67 bits per heavy atom. The first-order valence-electron chi connectivity index (χ1n) is 4.55. The minimum absolute atomic E-state index is 0.404. The fourth-order valence-electron chi connectivity index (χ4n) is 1.43. The van der Waals surface area contributed by atoms with Crippen molar-refractivity contribution in [1.29, 1.82) is 0 Å². The van der Waals surface area contributed by atoms with Crippen LogP contribution in [0.25, 0.3) is 11.3 Å². The van der Waals surface area contributed by atoms with Gasteiger partial charge in [0.15, 0.2) is 0 Å². The van der Waals surface area contributed by atoms with Gasteiger partial charge in [-0.25, -0.2) is 4.98 Å². The van der Waals surface area contributed by atoms with Crippen molar-refractivity contribution in [1.82, 2.24) is 9.55 Å². The van der Waals surface area contributed by atoms with E-state index in [2.05, 4.69) is 4.98 Å². The van der Waals surface area contributed by atoms with Gasteiger partial charge >= 0.3 is 0 Å². The molecular weight excluding hydrogens is 231 g/mol. The zero-order chi connectivity index (χ0) is 10.8. The Balaban J connectivity index is 2.50. The molecule has 2 nitrogen and oxygen atoms in total. The number of aryl methyl sites for hydroxylation is 1. The summed E-state index contributed by atoms with van der Waals surface area (Å²) in [6, 6.07) is 7.64. The van der Waals surface area contributed by atoms with Crippen LogP contribution in [-0.2, 0) is 12.9 Å². The lowest BCUT2D eigenvalue weighted by atomic mass is 10.2. The zero-order valence-electron chi connectivity index (χ0n) is 8.24. The molecule has 0 N–H and O–H groups in total. The van der Waals surface area contributed by atoms with Crippen molar-refractivity contribution in [3.05, 3.63) is 41.3 Å². The van der Waals surface area contributed by atoms with Crippen LogP contribution in [0.5, 0.6) is 0 Å². The lowest BCUT2D eigenvalue weighted by Crippen LogP contribution is -1.91. The number of rotatable bonds is 2. The molecule has 0 saturated heterocycles. The first-order valence-corrected chi connectivity index (χ1v) is 5.46. The molecule has 1 aromatic carbocycles. The second-order valence-corrected chi connectivity index (χ2v) is 3.94. The summed E-state index contributed by atoms with van der Waals surface area (Å²) in [5, 5.41) is 0.705. The molecule has 78 valence electrons. The lowest BCUT2D eigenvalue weighted by molar-refractivity contribution is 0.847. The van der Waals surface area contributed by atoms with Crippen molar-refractivity contribution >= 4 is 23.2 Å².